The van der Waals surface area contributed by atoms with Gasteiger partial charge in [0.05, 0.1) is 0 Å². The number of rotatable bonds is 1. The van der Waals surface area contributed by atoms with E-state index in [0.29, 0.717) is 16.9 Å². The topological polar surface area (TPSA) is 37.3 Å². The molecule has 2 saturated carbocycles. The smallest absolute Gasteiger partial charge is 0.331 e. The van der Waals surface area contributed by atoms with Crippen molar-refractivity contribution >= 4 is 5.97 Å². The Kier molecular flexibility index (Phi) is 3.57. The van der Waals surface area contributed by atoms with Crippen LogP contribution in [-0.2, 0) is 4.79 Å². The van der Waals surface area contributed by atoms with E-state index < -0.39 is 5.97 Å². The van der Waals surface area contributed by atoms with Gasteiger partial charge in [-0.15, -0.1) is 0 Å². The Bertz CT molecular complexity index is 379. The summed E-state index contributed by atoms with van der Waals surface area (Å²) in [7, 11) is 0. The van der Waals surface area contributed by atoms with Gasteiger partial charge in [-0.2, -0.15) is 0 Å². The predicted octanol–water partition coefficient (Wildman–Crippen LogP) is 4.26. The van der Waals surface area contributed by atoms with E-state index in [2.05, 4.69) is 20.8 Å². The zero-order valence-electron chi connectivity index (χ0n) is 12.1. The van der Waals surface area contributed by atoms with Crippen LogP contribution in [0.25, 0.3) is 0 Å². The maximum Gasteiger partial charge on any atom is 0.331 e. The van der Waals surface area contributed by atoms with Crippen molar-refractivity contribution in [1.82, 2.24) is 0 Å². The highest BCUT2D eigenvalue weighted by atomic mass is 16.4. The van der Waals surface area contributed by atoms with Crippen LogP contribution in [0.4, 0.5) is 0 Å². The molecule has 0 spiro atoms. The van der Waals surface area contributed by atoms with E-state index in [9.17, 15) is 4.79 Å². The van der Waals surface area contributed by atoms with Crippen LogP contribution in [0.3, 0.4) is 0 Å². The van der Waals surface area contributed by atoms with Gasteiger partial charge in [-0.25, -0.2) is 4.79 Å². The number of aliphatic carboxylic acids is 1. The molecular formula is C16H26O2. The first kappa shape index (κ1) is 13.6. The minimum Gasteiger partial charge on any atom is -0.478 e. The summed E-state index contributed by atoms with van der Waals surface area (Å²) in [6.45, 7) is 8.90. The summed E-state index contributed by atoms with van der Waals surface area (Å²) in [4.78, 5) is 11.1. The lowest BCUT2D eigenvalue weighted by atomic mass is 9.54. The van der Waals surface area contributed by atoms with E-state index in [0.717, 1.165) is 24.7 Å². The van der Waals surface area contributed by atoms with Crippen molar-refractivity contribution in [3.63, 3.8) is 0 Å². The second-order valence-electron chi connectivity index (χ2n) is 6.94. The quantitative estimate of drug-likeness (QED) is 0.706. The monoisotopic (exact) mass is 250 g/mol. The highest BCUT2D eigenvalue weighted by molar-refractivity contribution is 5.86. The van der Waals surface area contributed by atoms with E-state index >= 15 is 0 Å². The summed E-state index contributed by atoms with van der Waals surface area (Å²) in [5.74, 6) is 1.52. The Morgan fingerprint density at radius 2 is 1.94 bits per heavy atom. The molecule has 3 atom stereocenters. The fraction of sp³-hybridized carbons (Fsp3) is 0.812. The van der Waals surface area contributed by atoms with Gasteiger partial charge in [0.15, 0.2) is 0 Å². The van der Waals surface area contributed by atoms with E-state index in [1.165, 1.54) is 24.8 Å². The lowest BCUT2D eigenvalue weighted by molar-refractivity contribution is -0.132. The average Bonchev–Trinajstić information content (AvgIpc) is 2.33. The standard InChI is InChI=1S/C16H26O2/c1-10-5-6-12-7-8-13(11(2)15(17)18)9-14(12)16(10,3)4/h10,12,14H,5-9H2,1-4H3,(H,17,18)/b13-11+/t10-,12+,14+/m0/s1. The third kappa shape index (κ3) is 2.22. The number of carboxylic acids is 1. The maximum atomic E-state index is 11.1. The van der Waals surface area contributed by atoms with Crippen molar-refractivity contribution in [2.24, 2.45) is 23.2 Å². The normalized spacial score (nSPS) is 37.9. The van der Waals surface area contributed by atoms with Crippen molar-refractivity contribution < 1.29 is 9.90 Å². The van der Waals surface area contributed by atoms with Gasteiger partial charge in [0.1, 0.15) is 0 Å². The number of allylic oxidation sites excluding steroid dienone is 1. The van der Waals surface area contributed by atoms with Crippen LogP contribution in [0.5, 0.6) is 0 Å². The molecule has 1 N–H and O–H groups in total. The van der Waals surface area contributed by atoms with Gasteiger partial charge in [0.2, 0.25) is 0 Å². The molecular weight excluding hydrogens is 224 g/mol. The first-order chi connectivity index (χ1) is 8.34. The maximum absolute atomic E-state index is 11.1. The predicted molar refractivity (Wildman–Crippen MR) is 73.3 cm³/mol. The average molecular weight is 250 g/mol. The van der Waals surface area contributed by atoms with Gasteiger partial charge in [0.25, 0.3) is 0 Å². The SMILES string of the molecule is C/C(C(=O)O)=C1/CC[C@H]2CC[C@H](C)C(C)(C)[C@@H]2C1. The second-order valence-corrected chi connectivity index (χ2v) is 6.94. The lowest BCUT2D eigenvalue weighted by Gasteiger charge is -2.51. The number of carbonyl (C=O) groups is 1. The highest BCUT2D eigenvalue weighted by Crippen LogP contribution is 2.54. The molecule has 18 heavy (non-hydrogen) atoms. The van der Waals surface area contributed by atoms with Crippen LogP contribution >= 0.6 is 0 Å². The van der Waals surface area contributed by atoms with E-state index in [4.69, 9.17) is 5.11 Å². The molecule has 0 aromatic carbocycles. The first-order valence-corrected chi connectivity index (χ1v) is 7.26. The summed E-state index contributed by atoms with van der Waals surface area (Å²) < 4.78 is 0. The molecule has 0 unspecified atom stereocenters. The second kappa shape index (κ2) is 4.71. The summed E-state index contributed by atoms with van der Waals surface area (Å²) in [6.07, 6.45) is 5.89. The molecule has 0 aliphatic heterocycles. The fourth-order valence-electron chi connectivity index (χ4n) is 4.00. The molecule has 2 heteroatoms. The third-order valence-electron chi connectivity index (χ3n) is 5.90. The van der Waals surface area contributed by atoms with Crippen LogP contribution in [0.1, 0.15) is 59.8 Å². The van der Waals surface area contributed by atoms with Crippen LogP contribution in [0.15, 0.2) is 11.1 Å². The van der Waals surface area contributed by atoms with Gasteiger partial charge < -0.3 is 5.11 Å². The number of hydrogen-bond acceptors (Lipinski definition) is 1. The summed E-state index contributed by atoms with van der Waals surface area (Å²) in [5.41, 5.74) is 2.15. The molecule has 0 amide bonds. The molecule has 0 aromatic rings. The van der Waals surface area contributed by atoms with Gasteiger partial charge in [0, 0.05) is 5.57 Å². The molecule has 0 bridgehead atoms. The van der Waals surface area contributed by atoms with Gasteiger partial charge in [-0.3, -0.25) is 0 Å². The Morgan fingerprint density at radius 3 is 2.56 bits per heavy atom. The minimum absolute atomic E-state index is 0.355. The van der Waals surface area contributed by atoms with Crippen molar-refractivity contribution in [3.8, 4) is 0 Å². The largest absolute Gasteiger partial charge is 0.478 e. The Balaban J connectivity index is 2.25. The van der Waals surface area contributed by atoms with Crippen molar-refractivity contribution in [2.45, 2.75) is 59.8 Å². The molecule has 0 aromatic heterocycles. The molecule has 2 nitrogen and oxygen atoms in total. The van der Waals surface area contributed by atoms with E-state index in [1.54, 1.807) is 6.92 Å². The highest BCUT2D eigenvalue weighted by Gasteiger charge is 2.45. The van der Waals surface area contributed by atoms with Crippen LogP contribution in [-0.4, -0.2) is 11.1 Å². The molecule has 0 saturated heterocycles. The molecule has 2 rings (SSSR count). The summed E-state index contributed by atoms with van der Waals surface area (Å²) in [5, 5.41) is 9.15. The van der Waals surface area contributed by atoms with Crippen LogP contribution in [0.2, 0.25) is 0 Å². The summed E-state index contributed by atoms with van der Waals surface area (Å²) >= 11 is 0. The lowest BCUT2D eigenvalue weighted by Crippen LogP contribution is -2.42. The Hall–Kier alpha value is -0.790. The molecule has 0 radical (unpaired) electrons. The van der Waals surface area contributed by atoms with Gasteiger partial charge >= 0.3 is 5.97 Å². The Morgan fingerprint density at radius 1 is 1.28 bits per heavy atom. The van der Waals surface area contributed by atoms with Gasteiger partial charge in [-0.05, 0) is 62.2 Å². The first-order valence-electron chi connectivity index (χ1n) is 7.26. The van der Waals surface area contributed by atoms with Crippen LogP contribution < -0.4 is 0 Å². The number of hydrogen-bond donors (Lipinski definition) is 1. The zero-order chi connectivity index (χ0) is 13.5. The molecule has 102 valence electrons. The minimum atomic E-state index is -0.731. The third-order valence-corrected chi connectivity index (χ3v) is 5.90. The van der Waals surface area contributed by atoms with Gasteiger partial charge in [-0.1, -0.05) is 26.3 Å². The fourth-order valence-corrected chi connectivity index (χ4v) is 4.00. The van der Waals surface area contributed by atoms with Crippen molar-refractivity contribution in [1.29, 1.82) is 0 Å². The van der Waals surface area contributed by atoms with Crippen molar-refractivity contribution in [2.75, 3.05) is 0 Å². The molecule has 0 heterocycles. The molecule has 2 aliphatic rings. The zero-order valence-corrected chi connectivity index (χ0v) is 12.1. The summed E-state index contributed by atoms with van der Waals surface area (Å²) in [6, 6.07) is 0. The molecule has 2 fully saturated rings. The van der Waals surface area contributed by atoms with E-state index in [-0.39, 0.29) is 0 Å². The Labute approximate surface area is 110 Å². The number of fused-ring (bicyclic) bond motifs is 1. The molecule has 2 aliphatic carbocycles. The van der Waals surface area contributed by atoms with E-state index in [1.807, 2.05) is 0 Å². The van der Waals surface area contributed by atoms with Crippen LogP contribution in [0, 0.1) is 23.2 Å². The van der Waals surface area contributed by atoms with Crippen molar-refractivity contribution in [3.05, 3.63) is 11.1 Å². The number of carboxylic acid groups (broad SMARTS) is 1.